The molecule has 0 spiro atoms. The minimum Gasteiger partial charge on any atom is -0.497 e. The second-order valence-electron chi connectivity index (χ2n) is 6.07. The lowest BCUT2D eigenvalue weighted by Gasteiger charge is -2.03. The molecule has 2 N–H and O–H groups in total. The van der Waals surface area contributed by atoms with Gasteiger partial charge in [0.05, 0.1) is 12.9 Å². The Hall–Kier alpha value is -3.33. The molecule has 8 nitrogen and oxygen atoms in total. The van der Waals surface area contributed by atoms with Crippen LogP contribution in [0.5, 0.6) is 5.75 Å². The Morgan fingerprint density at radius 3 is 2.46 bits per heavy atom. The first-order valence-electron chi connectivity index (χ1n) is 8.51. The summed E-state index contributed by atoms with van der Waals surface area (Å²) in [6.07, 6.45) is 0. The molecular formula is C19H18N6O2S. The fourth-order valence-electron chi connectivity index (χ4n) is 2.57. The van der Waals surface area contributed by atoms with Crippen LogP contribution in [0.1, 0.15) is 11.5 Å². The topological polar surface area (TPSA) is 105 Å². The maximum atomic E-state index is 6.15. The standard InChI is InChI=1S/C19H18N6O2S/c1-12-3-5-14(6-4-12)18-22-23-19(25(18)20)28-11-16-21-17(24-27-16)13-7-9-15(26-2)10-8-13/h3-10H,11,20H2,1-2H3. The van der Waals surface area contributed by atoms with Gasteiger partial charge in [-0.2, -0.15) is 4.98 Å². The van der Waals surface area contributed by atoms with Gasteiger partial charge in [0.2, 0.25) is 16.9 Å². The second kappa shape index (κ2) is 7.73. The zero-order chi connectivity index (χ0) is 19.5. The summed E-state index contributed by atoms with van der Waals surface area (Å²) >= 11 is 1.38. The van der Waals surface area contributed by atoms with Crippen molar-refractivity contribution in [3.8, 4) is 28.5 Å². The lowest BCUT2D eigenvalue weighted by atomic mass is 10.1. The summed E-state index contributed by atoms with van der Waals surface area (Å²) in [5.41, 5.74) is 2.93. The lowest BCUT2D eigenvalue weighted by molar-refractivity contribution is 0.391. The van der Waals surface area contributed by atoms with Crippen LogP contribution in [-0.2, 0) is 5.75 Å². The average Bonchev–Trinajstić information content (AvgIpc) is 3.34. The number of ether oxygens (including phenoxy) is 1. The normalized spacial score (nSPS) is 10.9. The fraction of sp³-hybridized carbons (Fsp3) is 0.158. The van der Waals surface area contributed by atoms with Crippen molar-refractivity contribution >= 4 is 11.8 Å². The third-order valence-electron chi connectivity index (χ3n) is 4.12. The van der Waals surface area contributed by atoms with E-state index in [0.717, 1.165) is 16.9 Å². The summed E-state index contributed by atoms with van der Waals surface area (Å²) in [7, 11) is 1.62. The van der Waals surface area contributed by atoms with E-state index in [4.69, 9.17) is 15.1 Å². The van der Waals surface area contributed by atoms with Gasteiger partial charge in [0.15, 0.2) is 5.82 Å². The molecule has 0 amide bonds. The number of nitrogens with zero attached hydrogens (tertiary/aromatic N) is 5. The lowest BCUT2D eigenvalue weighted by Crippen LogP contribution is -2.11. The molecular weight excluding hydrogens is 376 g/mol. The van der Waals surface area contributed by atoms with Crippen molar-refractivity contribution in [3.05, 3.63) is 60.0 Å². The molecule has 0 saturated carbocycles. The van der Waals surface area contributed by atoms with Gasteiger partial charge >= 0.3 is 0 Å². The molecule has 0 aliphatic heterocycles. The number of rotatable bonds is 6. The third-order valence-corrected chi connectivity index (χ3v) is 5.04. The van der Waals surface area contributed by atoms with Crippen molar-refractivity contribution in [2.45, 2.75) is 17.8 Å². The Kier molecular flexibility index (Phi) is 4.98. The molecule has 28 heavy (non-hydrogen) atoms. The van der Waals surface area contributed by atoms with E-state index in [1.807, 2.05) is 55.5 Å². The molecule has 0 bridgehead atoms. The first-order valence-corrected chi connectivity index (χ1v) is 9.50. The maximum absolute atomic E-state index is 6.15. The van der Waals surface area contributed by atoms with Crippen molar-refractivity contribution in [3.63, 3.8) is 0 Å². The number of nitrogens with two attached hydrogens (primary N) is 1. The average molecular weight is 394 g/mol. The molecule has 0 unspecified atom stereocenters. The maximum Gasteiger partial charge on any atom is 0.237 e. The van der Waals surface area contributed by atoms with E-state index in [1.165, 1.54) is 22.0 Å². The Balaban J connectivity index is 1.45. The van der Waals surface area contributed by atoms with Gasteiger partial charge < -0.3 is 15.1 Å². The van der Waals surface area contributed by atoms with Gasteiger partial charge in [-0.05, 0) is 31.2 Å². The van der Waals surface area contributed by atoms with E-state index in [-0.39, 0.29) is 0 Å². The molecule has 0 radical (unpaired) electrons. The summed E-state index contributed by atoms with van der Waals surface area (Å²) in [6.45, 7) is 2.03. The Bertz CT molecular complexity index is 1070. The molecule has 0 aliphatic rings. The molecule has 0 aliphatic carbocycles. The first kappa shape index (κ1) is 18.1. The van der Waals surface area contributed by atoms with Gasteiger partial charge in [0.1, 0.15) is 5.75 Å². The summed E-state index contributed by atoms with van der Waals surface area (Å²) in [6, 6.07) is 15.4. The number of thioether (sulfide) groups is 1. The molecule has 9 heteroatoms. The van der Waals surface area contributed by atoms with E-state index < -0.39 is 0 Å². The number of aryl methyl sites for hydroxylation is 1. The van der Waals surface area contributed by atoms with Crippen molar-refractivity contribution < 1.29 is 9.26 Å². The largest absolute Gasteiger partial charge is 0.497 e. The van der Waals surface area contributed by atoms with Gasteiger partial charge in [-0.25, -0.2) is 4.68 Å². The number of benzene rings is 2. The Morgan fingerprint density at radius 1 is 1.04 bits per heavy atom. The minimum atomic E-state index is 0.437. The highest BCUT2D eigenvalue weighted by molar-refractivity contribution is 7.98. The molecule has 142 valence electrons. The van der Waals surface area contributed by atoms with Gasteiger partial charge in [-0.15, -0.1) is 10.2 Å². The van der Waals surface area contributed by atoms with Crippen molar-refractivity contribution in [1.29, 1.82) is 0 Å². The van der Waals surface area contributed by atoms with E-state index in [1.54, 1.807) is 7.11 Å². The summed E-state index contributed by atoms with van der Waals surface area (Å²) in [5.74, 6) is 8.97. The van der Waals surface area contributed by atoms with Gasteiger partial charge in [0.25, 0.3) is 0 Å². The molecule has 2 aromatic carbocycles. The highest BCUT2D eigenvalue weighted by atomic mass is 32.2. The summed E-state index contributed by atoms with van der Waals surface area (Å²) in [4.78, 5) is 4.42. The zero-order valence-electron chi connectivity index (χ0n) is 15.4. The van der Waals surface area contributed by atoms with Crippen LogP contribution < -0.4 is 10.6 Å². The number of hydrogen-bond acceptors (Lipinski definition) is 8. The third kappa shape index (κ3) is 3.70. The highest BCUT2D eigenvalue weighted by Gasteiger charge is 2.15. The van der Waals surface area contributed by atoms with Crippen LogP contribution in [0.2, 0.25) is 0 Å². The minimum absolute atomic E-state index is 0.437. The van der Waals surface area contributed by atoms with Crippen LogP contribution >= 0.6 is 11.8 Å². The summed E-state index contributed by atoms with van der Waals surface area (Å²) < 4.78 is 12.0. The van der Waals surface area contributed by atoms with Crippen LogP contribution in [0.15, 0.2) is 58.2 Å². The quantitative estimate of drug-likeness (QED) is 0.392. The monoisotopic (exact) mass is 394 g/mol. The molecule has 0 atom stereocenters. The molecule has 2 aromatic heterocycles. The van der Waals surface area contributed by atoms with E-state index in [2.05, 4.69) is 20.3 Å². The van der Waals surface area contributed by atoms with Crippen molar-refractivity contribution in [1.82, 2.24) is 25.0 Å². The van der Waals surface area contributed by atoms with Crippen LogP contribution in [0.4, 0.5) is 0 Å². The molecule has 0 saturated heterocycles. The van der Waals surface area contributed by atoms with Crippen LogP contribution in [0, 0.1) is 6.92 Å². The summed E-state index contributed by atoms with van der Waals surface area (Å²) in [5, 5.41) is 12.9. The zero-order valence-corrected chi connectivity index (χ0v) is 16.2. The van der Waals surface area contributed by atoms with Gasteiger partial charge in [0, 0.05) is 11.1 Å². The van der Waals surface area contributed by atoms with Crippen molar-refractivity contribution in [2.24, 2.45) is 0 Å². The van der Waals surface area contributed by atoms with E-state index >= 15 is 0 Å². The van der Waals surface area contributed by atoms with Gasteiger partial charge in [-0.1, -0.05) is 46.7 Å². The smallest absolute Gasteiger partial charge is 0.237 e. The molecule has 4 rings (SSSR count). The molecule has 4 aromatic rings. The molecule has 0 fully saturated rings. The molecule has 2 heterocycles. The van der Waals surface area contributed by atoms with Crippen molar-refractivity contribution in [2.75, 3.05) is 13.0 Å². The number of methoxy groups -OCH3 is 1. The van der Waals surface area contributed by atoms with E-state index in [0.29, 0.717) is 28.4 Å². The number of aromatic nitrogens is 5. The fourth-order valence-corrected chi connectivity index (χ4v) is 3.27. The second-order valence-corrected chi connectivity index (χ2v) is 7.01. The predicted molar refractivity (Wildman–Crippen MR) is 106 cm³/mol. The number of nitrogen functional groups attached to an aromatic ring is 1. The Morgan fingerprint density at radius 2 is 1.75 bits per heavy atom. The van der Waals surface area contributed by atoms with Crippen LogP contribution in [0.25, 0.3) is 22.8 Å². The predicted octanol–water partition coefficient (Wildman–Crippen LogP) is 3.32. The van der Waals surface area contributed by atoms with Crippen LogP contribution in [0.3, 0.4) is 0 Å². The van der Waals surface area contributed by atoms with E-state index in [9.17, 15) is 0 Å². The van der Waals surface area contributed by atoms with Gasteiger partial charge in [-0.3, -0.25) is 0 Å². The number of hydrogen-bond donors (Lipinski definition) is 1. The SMILES string of the molecule is COc1ccc(-c2noc(CSc3nnc(-c4ccc(C)cc4)n3N)n2)cc1. The van der Waals surface area contributed by atoms with Crippen LogP contribution in [-0.4, -0.2) is 32.1 Å². The first-order chi connectivity index (χ1) is 13.6. The highest BCUT2D eigenvalue weighted by Crippen LogP contribution is 2.25. The Labute approximate surface area is 165 Å².